The fourth-order valence-corrected chi connectivity index (χ4v) is 1.90. The number of para-hydroxylation sites is 2. The summed E-state index contributed by atoms with van der Waals surface area (Å²) in [4.78, 5) is 10.6. The molecule has 4 nitrogen and oxygen atoms in total. The van der Waals surface area contributed by atoms with Gasteiger partial charge in [-0.1, -0.05) is 35.9 Å². The van der Waals surface area contributed by atoms with Crippen molar-refractivity contribution in [1.82, 2.24) is 0 Å². The van der Waals surface area contributed by atoms with Gasteiger partial charge in [-0.05, 0) is 24.3 Å². The third-order valence-corrected chi connectivity index (χ3v) is 2.92. The maximum absolute atomic E-state index is 10.6. The number of hydrogen-bond donors (Lipinski definition) is 1. The minimum absolute atomic E-state index is 0.305. The highest BCUT2D eigenvalue weighted by molar-refractivity contribution is 6.32. The maximum Gasteiger partial charge on any atom is 0.328 e. The van der Waals surface area contributed by atoms with E-state index in [1.165, 1.54) is 6.08 Å². The first kappa shape index (κ1) is 14.6. The van der Waals surface area contributed by atoms with E-state index in [2.05, 4.69) is 0 Å². The summed E-state index contributed by atoms with van der Waals surface area (Å²) in [7, 11) is 0. The minimum Gasteiger partial charge on any atom is -0.478 e. The molecule has 21 heavy (non-hydrogen) atoms. The van der Waals surface area contributed by atoms with Crippen LogP contribution in [0.3, 0.4) is 0 Å². The number of benzene rings is 2. The van der Waals surface area contributed by atoms with E-state index in [0.717, 1.165) is 6.08 Å². The molecule has 0 atom stereocenters. The van der Waals surface area contributed by atoms with Gasteiger partial charge in [0.2, 0.25) is 0 Å². The van der Waals surface area contributed by atoms with Gasteiger partial charge in [-0.15, -0.1) is 0 Å². The van der Waals surface area contributed by atoms with Crippen molar-refractivity contribution >= 4 is 23.6 Å². The van der Waals surface area contributed by atoms with E-state index in [0.29, 0.717) is 27.6 Å². The summed E-state index contributed by atoms with van der Waals surface area (Å²) >= 11 is 6.10. The standard InChI is InChI=1S/C16H10ClNO3/c17-13-6-3-5-11(8-9-15(19)20)16(13)21-14-7-2-1-4-12(14)10-18/h1-9H,(H,19,20)/b9-8+. The van der Waals surface area contributed by atoms with Crippen LogP contribution < -0.4 is 4.74 Å². The quantitative estimate of drug-likeness (QED) is 0.863. The highest BCUT2D eigenvalue weighted by Crippen LogP contribution is 2.34. The van der Waals surface area contributed by atoms with E-state index in [1.54, 1.807) is 42.5 Å². The lowest BCUT2D eigenvalue weighted by Gasteiger charge is -2.11. The number of halogens is 1. The van der Waals surface area contributed by atoms with Crippen molar-refractivity contribution in [3.05, 3.63) is 64.7 Å². The number of rotatable bonds is 4. The average molecular weight is 300 g/mol. The van der Waals surface area contributed by atoms with Gasteiger partial charge in [-0.2, -0.15) is 5.26 Å². The van der Waals surface area contributed by atoms with Gasteiger partial charge < -0.3 is 9.84 Å². The summed E-state index contributed by atoms with van der Waals surface area (Å²) in [5, 5.41) is 18.1. The van der Waals surface area contributed by atoms with E-state index >= 15 is 0 Å². The first-order chi connectivity index (χ1) is 10.1. The molecule has 0 aromatic heterocycles. The van der Waals surface area contributed by atoms with Crippen molar-refractivity contribution in [2.75, 3.05) is 0 Å². The Labute approximate surface area is 126 Å². The molecule has 0 saturated carbocycles. The fourth-order valence-electron chi connectivity index (χ4n) is 1.68. The summed E-state index contributed by atoms with van der Waals surface area (Å²) in [6.07, 6.45) is 2.38. The van der Waals surface area contributed by atoms with Crippen LogP contribution in [0, 0.1) is 11.3 Å². The zero-order valence-corrected chi connectivity index (χ0v) is 11.5. The van der Waals surface area contributed by atoms with Crippen LogP contribution in [-0.2, 0) is 4.79 Å². The summed E-state index contributed by atoms with van der Waals surface area (Å²) in [6, 6.07) is 13.7. The second kappa shape index (κ2) is 6.60. The Balaban J connectivity index is 2.44. The molecule has 0 fully saturated rings. The van der Waals surface area contributed by atoms with Crippen molar-refractivity contribution in [3.63, 3.8) is 0 Å². The molecule has 5 heteroatoms. The molecular weight excluding hydrogens is 290 g/mol. The molecule has 2 aromatic rings. The number of carboxylic acid groups (broad SMARTS) is 1. The third-order valence-electron chi connectivity index (χ3n) is 2.62. The number of ether oxygens (including phenoxy) is 1. The molecule has 2 rings (SSSR count). The van der Waals surface area contributed by atoms with E-state index in [-0.39, 0.29) is 0 Å². The van der Waals surface area contributed by atoms with E-state index in [1.807, 2.05) is 6.07 Å². The van der Waals surface area contributed by atoms with E-state index in [4.69, 9.17) is 26.7 Å². The molecule has 0 spiro atoms. The van der Waals surface area contributed by atoms with E-state index < -0.39 is 5.97 Å². The molecular formula is C16H10ClNO3. The molecule has 0 heterocycles. The van der Waals surface area contributed by atoms with Crippen LogP contribution in [0.2, 0.25) is 5.02 Å². The number of carbonyl (C=O) groups is 1. The maximum atomic E-state index is 10.6. The molecule has 0 amide bonds. The number of nitriles is 1. The number of nitrogens with zero attached hydrogens (tertiary/aromatic N) is 1. The Bertz CT molecular complexity index is 747. The molecule has 1 N–H and O–H groups in total. The first-order valence-corrected chi connectivity index (χ1v) is 6.36. The Kier molecular flexibility index (Phi) is 4.60. The van der Waals surface area contributed by atoms with Crippen LogP contribution in [0.15, 0.2) is 48.5 Å². The number of aliphatic carboxylic acids is 1. The Morgan fingerprint density at radius 2 is 2.00 bits per heavy atom. The molecule has 0 aliphatic carbocycles. The zero-order chi connectivity index (χ0) is 15.2. The Hall–Kier alpha value is -2.77. The highest BCUT2D eigenvalue weighted by atomic mass is 35.5. The van der Waals surface area contributed by atoms with Crippen molar-refractivity contribution in [2.24, 2.45) is 0 Å². The third kappa shape index (κ3) is 3.62. The lowest BCUT2D eigenvalue weighted by atomic mass is 10.1. The smallest absolute Gasteiger partial charge is 0.328 e. The molecule has 104 valence electrons. The predicted molar refractivity (Wildman–Crippen MR) is 79.4 cm³/mol. The van der Waals surface area contributed by atoms with Crippen LogP contribution in [0.4, 0.5) is 0 Å². The Morgan fingerprint density at radius 1 is 1.24 bits per heavy atom. The molecule has 0 unspecified atom stereocenters. The molecule has 2 aromatic carbocycles. The lowest BCUT2D eigenvalue weighted by molar-refractivity contribution is -0.131. The Morgan fingerprint density at radius 3 is 2.71 bits per heavy atom. The molecule has 0 radical (unpaired) electrons. The highest BCUT2D eigenvalue weighted by Gasteiger charge is 2.10. The molecule has 0 aliphatic rings. The van der Waals surface area contributed by atoms with Gasteiger partial charge in [0, 0.05) is 11.6 Å². The summed E-state index contributed by atoms with van der Waals surface area (Å²) in [5.74, 6) is -0.407. The summed E-state index contributed by atoms with van der Waals surface area (Å²) < 4.78 is 5.70. The SMILES string of the molecule is N#Cc1ccccc1Oc1c(Cl)cccc1/C=C/C(=O)O. The molecule has 0 aliphatic heterocycles. The molecule has 0 bridgehead atoms. The van der Waals surface area contributed by atoms with Crippen LogP contribution in [0.5, 0.6) is 11.5 Å². The van der Waals surface area contributed by atoms with Gasteiger partial charge in [0.1, 0.15) is 11.8 Å². The van der Waals surface area contributed by atoms with Crippen LogP contribution in [0.25, 0.3) is 6.08 Å². The number of carboxylic acids is 1. The average Bonchev–Trinajstić information content (AvgIpc) is 2.48. The second-order valence-corrected chi connectivity index (χ2v) is 4.45. The lowest BCUT2D eigenvalue weighted by Crippen LogP contribution is -1.92. The first-order valence-electron chi connectivity index (χ1n) is 5.98. The fraction of sp³-hybridized carbons (Fsp3) is 0. The van der Waals surface area contributed by atoms with Gasteiger partial charge in [0.05, 0.1) is 10.6 Å². The van der Waals surface area contributed by atoms with Crippen LogP contribution >= 0.6 is 11.6 Å². The van der Waals surface area contributed by atoms with Crippen LogP contribution in [0.1, 0.15) is 11.1 Å². The van der Waals surface area contributed by atoms with Gasteiger partial charge in [-0.25, -0.2) is 4.79 Å². The van der Waals surface area contributed by atoms with Crippen molar-refractivity contribution in [2.45, 2.75) is 0 Å². The minimum atomic E-state index is -1.07. The van der Waals surface area contributed by atoms with Crippen LogP contribution in [-0.4, -0.2) is 11.1 Å². The normalized spacial score (nSPS) is 10.3. The van der Waals surface area contributed by atoms with Gasteiger partial charge >= 0.3 is 5.97 Å². The van der Waals surface area contributed by atoms with Gasteiger partial charge in [0.15, 0.2) is 5.75 Å². The van der Waals surface area contributed by atoms with Gasteiger partial charge in [0.25, 0.3) is 0 Å². The van der Waals surface area contributed by atoms with Crippen molar-refractivity contribution < 1.29 is 14.6 Å². The number of hydrogen-bond acceptors (Lipinski definition) is 3. The molecule has 0 saturated heterocycles. The van der Waals surface area contributed by atoms with Crippen molar-refractivity contribution in [1.29, 1.82) is 5.26 Å². The summed E-state index contributed by atoms with van der Waals surface area (Å²) in [6.45, 7) is 0. The predicted octanol–water partition coefficient (Wildman–Crippen LogP) is 4.10. The second-order valence-electron chi connectivity index (χ2n) is 4.04. The largest absolute Gasteiger partial charge is 0.478 e. The monoisotopic (exact) mass is 299 g/mol. The topological polar surface area (TPSA) is 70.3 Å². The zero-order valence-electron chi connectivity index (χ0n) is 10.8. The van der Waals surface area contributed by atoms with Gasteiger partial charge in [-0.3, -0.25) is 0 Å². The summed E-state index contributed by atoms with van der Waals surface area (Å²) in [5.41, 5.74) is 0.878. The van der Waals surface area contributed by atoms with Crippen molar-refractivity contribution in [3.8, 4) is 17.6 Å². The van der Waals surface area contributed by atoms with E-state index in [9.17, 15) is 4.79 Å².